The summed E-state index contributed by atoms with van der Waals surface area (Å²) in [6.45, 7) is 0. The zero-order valence-corrected chi connectivity index (χ0v) is 10.8. The molecule has 0 saturated carbocycles. The average molecular weight is 282 g/mol. The number of hydrogen-bond acceptors (Lipinski definition) is 6. The number of nitroso groups, excluding NO2 is 1. The second-order valence-corrected chi connectivity index (χ2v) is 4.35. The van der Waals surface area contributed by atoms with Gasteiger partial charge in [0.05, 0.1) is 28.9 Å². The van der Waals surface area contributed by atoms with Crippen LogP contribution in [-0.4, -0.2) is 19.5 Å². The Balaban J connectivity index is 2.24. The molecule has 0 spiro atoms. The predicted octanol–water partition coefficient (Wildman–Crippen LogP) is 2.75. The number of fused-ring (bicyclic) bond motifs is 1. The molecule has 1 N–H and O–H groups in total. The zero-order chi connectivity index (χ0) is 14.1. The fraction of sp³-hybridized carbons (Fsp3) is 0. The van der Waals surface area contributed by atoms with E-state index in [-0.39, 0.29) is 10.3 Å². The number of aromatic amines is 1. The van der Waals surface area contributed by atoms with Gasteiger partial charge in [0.15, 0.2) is 5.69 Å². The first-order chi connectivity index (χ1) is 9.72. The number of nitrogens with zero attached hydrogens (tertiary/aromatic N) is 5. The summed E-state index contributed by atoms with van der Waals surface area (Å²) in [6.07, 6.45) is 2.86. The molecular weight excluding hydrogens is 276 g/mol. The Bertz CT molecular complexity index is 920. The fourth-order valence-corrected chi connectivity index (χ4v) is 1.99. The molecule has 0 bridgehead atoms. The van der Waals surface area contributed by atoms with E-state index in [4.69, 9.17) is 17.5 Å². The average Bonchev–Trinajstić information content (AvgIpc) is 2.89. The van der Waals surface area contributed by atoms with Crippen molar-refractivity contribution in [1.82, 2.24) is 19.5 Å². The third-order valence-electron chi connectivity index (χ3n) is 2.77. The maximum atomic E-state index is 10.5. The van der Waals surface area contributed by atoms with Gasteiger partial charge in [-0.2, -0.15) is 5.26 Å². The summed E-state index contributed by atoms with van der Waals surface area (Å²) in [5.41, 5.74) is 2.03. The minimum absolute atomic E-state index is 0.0749. The molecule has 0 aliphatic rings. The van der Waals surface area contributed by atoms with E-state index < -0.39 is 0 Å². The molecule has 7 nitrogen and oxygen atoms in total. The molecule has 0 radical (unpaired) electrons. The van der Waals surface area contributed by atoms with E-state index in [1.165, 1.54) is 6.20 Å². The second kappa shape index (κ2) is 4.64. The van der Waals surface area contributed by atoms with Crippen LogP contribution in [0.5, 0.6) is 0 Å². The molecule has 0 aliphatic carbocycles. The molecule has 0 fully saturated rings. The van der Waals surface area contributed by atoms with Gasteiger partial charge in [-0.05, 0) is 23.4 Å². The topological polar surface area (TPSA) is 99.7 Å². The van der Waals surface area contributed by atoms with E-state index in [1.807, 2.05) is 0 Å². The van der Waals surface area contributed by atoms with Crippen molar-refractivity contribution >= 4 is 28.9 Å². The highest BCUT2D eigenvalue weighted by Gasteiger charge is 2.08. The first-order valence-electron chi connectivity index (χ1n) is 5.53. The fourth-order valence-electron chi connectivity index (χ4n) is 1.81. The van der Waals surface area contributed by atoms with Crippen LogP contribution < -0.4 is 0 Å². The van der Waals surface area contributed by atoms with Crippen molar-refractivity contribution < 1.29 is 0 Å². The maximum absolute atomic E-state index is 10.5. The monoisotopic (exact) mass is 282 g/mol. The maximum Gasteiger partial charge on any atom is 0.213 e. The summed E-state index contributed by atoms with van der Waals surface area (Å²) in [5.74, 6) is 0.403. The van der Waals surface area contributed by atoms with Gasteiger partial charge in [0.2, 0.25) is 5.95 Å². The lowest BCUT2D eigenvalue weighted by Gasteiger charge is -2.03. The number of H-pyrrole nitrogens is 1. The van der Waals surface area contributed by atoms with Gasteiger partial charge >= 0.3 is 0 Å². The Morgan fingerprint density at radius 2 is 2.25 bits per heavy atom. The van der Waals surface area contributed by atoms with Gasteiger partial charge < -0.3 is 4.98 Å². The van der Waals surface area contributed by atoms with E-state index in [1.54, 1.807) is 29.1 Å². The van der Waals surface area contributed by atoms with Crippen LogP contribution in [0.25, 0.3) is 17.0 Å². The number of imidazole rings is 1. The van der Waals surface area contributed by atoms with Crippen molar-refractivity contribution in [2.45, 2.75) is 0 Å². The molecule has 2 heterocycles. The molecule has 3 rings (SSSR count). The summed E-state index contributed by atoms with van der Waals surface area (Å²) in [7, 11) is 0. The molecule has 0 atom stereocenters. The van der Waals surface area contributed by atoms with Crippen LogP contribution in [0.2, 0.25) is 0 Å². The molecule has 0 aliphatic heterocycles. The molecule has 0 amide bonds. The number of benzene rings is 1. The van der Waals surface area contributed by atoms with Crippen LogP contribution >= 0.6 is 12.2 Å². The number of aromatic nitrogens is 4. The lowest BCUT2D eigenvalue weighted by molar-refractivity contribution is 0.942. The Kier molecular flexibility index (Phi) is 2.81. The van der Waals surface area contributed by atoms with E-state index in [9.17, 15) is 4.91 Å². The SMILES string of the molecule is N#Cc1ccc2ncn(-c3ncc(N=O)c(=S)[nH]3)c2c1. The molecule has 8 heteroatoms. The van der Waals surface area contributed by atoms with Crippen molar-refractivity contribution in [1.29, 1.82) is 5.26 Å². The largest absolute Gasteiger partial charge is 0.314 e. The number of nitriles is 1. The Labute approximate surface area is 117 Å². The van der Waals surface area contributed by atoms with E-state index >= 15 is 0 Å². The molecular formula is C12H6N6OS. The highest BCUT2D eigenvalue weighted by molar-refractivity contribution is 7.71. The number of nitrogens with one attached hydrogen (secondary N) is 1. The highest BCUT2D eigenvalue weighted by Crippen LogP contribution is 2.19. The number of rotatable bonds is 2. The third-order valence-corrected chi connectivity index (χ3v) is 3.08. The molecule has 96 valence electrons. The smallest absolute Gasteiger partial charge is 0.213 e. The van der Waals surface area contributed by atoms with E-state index in [2.05, 4.69) is 26.2 Å². The van der Waals surface area contributed by atoms with Crippen LogP contribution in [0.15, 0.2) is 35.9 Å². The van der Waals surface area contributed by atoms with Crippen molar-refractivity contribution in [2.24, 2.45) is 5.18 Å². The molecule has 0 unspecified atom stereocenters. The number of hydrogen-bond donors (Lipinski definition) is 1. The quantitative estimate of drug-likeness (QED) is 0.575. The van der Waals surface area contributed by atoms with Crippen molar-refractivity contribution in [3.63, 3.8) is 0 Å². The first kappa shape index (κ1) is 12.1. The van der Waals surface area contributed by atoms with Crippen molar-refractivity contribution in [3.8, 4) is 12.0 Å². The molecule has 20 heavy (non-hydrogen) atoms. The van der Waals surface area contributed by atoms with Crippen LogP contribution in [0.1, 0.15) is 5.56 Å². The van der Waals surface area contributed by atoms with Crippen LogP contribution in [0.3, 0.4) is 0 Å². The van der Waals surface area contributed by atoms with Crippen LogP contribution in [0, 0.1) is 20.9 Å². The first-order valence-corrected chi connectivity index (χ1v) is 5.94. The Morgan fingerprint density at radius 3 is 2.95 bits per heavy atom. The Morgan fingerprint density at radius 1 is 1.40 bits per heavy atom. The zero-order valence-electron chi connectivity index (χ0n) is 9.94. The van der Waals surface area contributed by atoms with Gasteiger partial charge in [-0.15, -0.1) is 4.91 Å². The van der Waals surface area contributed by atoms with Gasteiger partial charge in [0.25, 0.3) is 0 Å². The molecule has 3 aromatic rings. The highest BCUT2D eigenvalue weighted by atomic mass is 32.1. The van der Waals surface area contributed by atoms with E-state index in [0.717, 1.165) is 5.52 Å². The van der Waals surface area contributed by atoms with Gasteiger partial charge in [0, 0.05) is 0 Å². The summed E-state index contributed by atoms with van der Waals surface area (Å²) in [4.78, 5) is 21.6. The van der Waals surface area contributed by atoms with Crippen molar-refractivity contribution in [2.75, 3.05) is 0 Å². The molecule has 2 aromatic heterocycles. The minimum atomic E-state index is 0.0749. The van der Waals surface area contributed by atoms with Gasteiger partial charge in [-0.3, -0.25) is 4.57 Å². The summed E-state index contributed by atoms with van der Waals surface area (Å²) in [5, 5.41) is 11.7. The Hall–Kier alpha value is -2.92. The van der Waals surface area contributed by atoms with Gasteiger partial charge in [-0.25, -0.2) is 9.97 Å². The summed E-state index contributed by atoms with van der Waals surface area (Å²) < 4.78 is 1.85. The standard InChI is InChI=1S/C12H6N6OS/c13-4-7-1-2-8-10(3-7)18(6-15-8)12-14-5-9(17-19)11(20)16-12/h1-3,5-6H,(H,14,16,20). The normalized spacial score (nSPS) is 10.3. The summed E-state index contributed by atoms with van der Waals surface area (Å²) in [6, 6.07) is 7.21. The van der Waals surface area contributed by atoms with Gasteiger partial charge in [0.1, 0.15) is 11.0 Å². The van der Waals surface area contributed by atoms with E-state index in [0.29, 0.717) is 17.0 Å². The third kappa shape index (κ3) is 1.86. The summed E-state index contributed by atoms with van der Waals surface area (Å²) >= 11 is 5.01. The van der Waals surface area contributed by atoms with Crippen molar-refractivity contribution in [3.05, 3.63) is 45.8 Å². The molecule has 1 aromatic carbocycles. The minimum Gasteiger partial charge on any atom is -0.314 e. The van der Waals surface area contributed by atoms with Crippen LogP contribution in [0.4, 0.5) is 5.69 Å². The lowest BCUT2D eigenvalue weighted by Crippen LogP contribution is -1.99. The van der Waals surface area contributed by atoms with Gasteiger partial charge in [-0.1, -0.05) is 12.2 Å². The second-order valence-electron chi connectivity index (χ2n) is 3.94. The van der Waals surface area contributed by atoms with Crippen LogP contribution in [-0.2, 0) is 0 Å². The molecule has 0 saturated heterocycles. The lowest BCUT2D eigenvalue weighted by atomic mass is 10.2. The predicted molar refractivity (Wildman–Crippen MR) is 74.2 cm³/mol.